The lowest BCUT2D eigenvalue weighted by atomic mass is 9.98. The molecule has 1 heterocycles. The van der Waals surface area contributed by atoms with E-state index in [4.69, 9.17) is 0 Å². The minimum atomic E-state index is -0.173. The van der Waals surface area contributed by atoms with Gasteiger partial charge >= 0.3 is 0 Å². The van der Waals surface area contributed by atoms with Crippen LogP contribution in [0.5, 0.6) is 0 Å². The molecule has 0 aromatic heterocycles. The zero-order valence-corrected chi connectivity index (χ0v) is 15.9. The van der Waals surface area contributed by atoms with Crippen LogP contribution in [0, 0.1) is 5.92 Å². The molecule has 0 unspecified atom stereocenters. The predicted molar refractivity (Wildman–Crippen MR) is 102 cm³/mol. The molecule has 0 spiro atoms. The molecular formula is C20H31N3O2. The van der Waals surface area contributed by atoms with Gasteiger partial charge in [0, 0.05) is 12.7 Å². The van der Waals surface area contributed by atoms with Crippen LogP contribution in [-0.4, -0.2) is 54.3 Å². The van der Waals surface area contributed by atoms with E-state index in [0.29, 0.717) is 0 Å². The fraction of sp³-hybridized carbons (Fsp3) is 0.600. The molecule has 1 atom stereocenters. The number of piperidine rings is 1. The van der Waals surface area contributed by atoms with E-state index in [1.165, 1.54) is 4.90 Å². The van der Waals surface area contributed by atoms with E-state index in [-0.39, 0.29) is 24.4 Å². The fourth-order valence-electron chi connectivity index (χ4n) is 3.32. The summed E-state index contributed by atoms with van der Waals surface area (Å²) < 4.78 is 0. The number of nitrogens with zero attached hydrogens (tertiary/aromatic N) is 2. The summed E-state index contributed by atoms with van der Waals surface area (Å²) in [5.74, 6) is 0.588. The molecular weight excluding hydrogens is 314 g/mol. The molecule has 1 saturated heterocycles. The number of amides is 2. The zero-order chi connectivity index (χ0) is 18.4. The van der Waals surface area contributed by atoms with E-state index in [0.717, 1.165) is 49.5 Å². The summed E-state index contributed by atoms with van der Waals surface area (Å²) in [5.41, 5.74) is 1.93. The minimum absolute atomic E-state index is 0.00785. The summed E-state index contributed by atoms with van der Waals surface area (Å²) in [6, 6.07) is 7.60. The second-order valence-corrected chi connectivity index (χ2v) is 7.15. The molecule has 1 aliphatic heterocycles. The minimum Gasteiger partial charge on any atom is -0.335 e. The summed E-state index contributed by atoms with van der Waals surface area (Å²) >= 11 is 0. The Morgan fingerprint density at radius 2 is 1.92 bits per heavy atom. The molecule has 2 amide bonds. The maximum atomic E-state index is 12.6. The highest BCUT2D eigenvalue weighted by atomic mass is 16.2. The van der Waals surface area contributed by atoms with Crippen LogP contribution in [0.4, 0.5) is 5.69 Å². The van der Waals surface area contributed by atoms with Gasteiger partial charge in [0.15, 0.2) is 0 Å². The first-order valence-electron chi connectivity index (χ1n) is 9.29. The molecule has 0 radical (unpaired) electrons. The number of para-hydroxylation sites is 1. The number of anilines is 1. The molecule has 138 valence electrons. The number of aryl methyl sites for hydroxylation is 1. The number of hydrogen-bond acceptors (Lipinski definition) is 3. The average molecular weight is 345 g/mol. The summed E-state index contributed by atoms with van der Waals surface area (Å²) in [5, 5.41) is 2.93. The van der Waals surface area contributed by atoms with Crippen molar-refractivity contribution < 1.29 is 9.59 Å². The molecule has 1 fully saturated rings. The van der Waals surface area contributed by atoms with Crippen LogP contribution in [0.2, 0.25) is 0 Å². The van der Waals surface area contributed by atoms with E-state index >= 15 is 0 Å². The topological polar surface area (TPSA) is 52.7 Å². The van der Waals surface area contributed by atoms with Gasteiger partial charge < -0.3 is 10.2 Å². The molecule has 5 nitrogen and oxygen atoms in total. The van der Waals surface area contributed by atoms with Crippen molar-refractivity contribution in [3.05, 3.63) is 29.8 Å². The SMILES string of the molecule is CCc1ccccc1NC(=O)CN(C)C(=O)[C@H](C)N1CCC(C)CC1. The predicted octanol–water partition coefficient (Wildman–Crippen LogP) is 2.77. The second-order valence-electron chi connectivity index (χ2n) is 7.15. The summed E-state index contributed by atoms with van der Waals surface area (Å²) in [6.45, 7) is 8.25. The van der Waals surface area contributed by atoms with Crippen molar-refractivity contribution in [1.82, 2.24) is 9.80 Å². The van der Waals surface area contributed by atoms with Gasteiger partial charge in [-0.1, -0.05) is 32.0 Å². The Bertz CT molecular complexity index is 594. The number of likely N-dealkylation sites (tertiary alicyclic amines) is 1. The van der Waals surface area contributed by atoms with Crippen LogP contribution in [-0.2, 0) is 16.0 Å². The van der Waals surface area contributed by atoms with Crippen LogP contribution >= 0.6 is 0 Å². The van der Waals surface area contributed by atoms with Gasteiger partial charge in [-0.05, 0) is 56.8 Å². The maximum Gasteiger partial charge on any atom is 0.243 e. The molecule has 1 aromatic carbocycles. The Morgan fingerprint density at radius 1 is 1.28 bits per heavy atom. The van der Waals surface area contributed by atoms with Gasteiger partial charge in [-0.2, -0.15) is 0 Å². The van der Waals surface area contributed by atoms with Crippen molar-refractivity contribution >= 4 is 17.5 Å². The van der Waals surface area contributed by atoms with Gasteiger partial charge in [0.25, 0.3) is 0 Å². The molecule has 5 heteroatoms. The highest BCUT2D eigenvalue weighted by molar-refractivity contribution is 5.95. The number of rotatable bonds is 6. The highest BCUT2D eigenvalue weighted by Crippen LogP contribution is 2.19. The first-order chi connectivity index (χ1) is 11.9. The van der Waals surface area contributed by atoms with Crippen molar-refractivity contribution in [3.63, 3.8) is 0 Å². The van der Waals surface area contributed by atoms with Gasteiger partial charge in [-0.15, -0.1) is 0 Å². The first-order valence-corrected chi connectivity index (χ1v) is 9.29. The standard InChI is InChI=1S/C20H31N3O2/c1-5-17-8-6-7-9-18(17)21-19(24)14-22(4)20(25)16(3)23-12-10-15(2)11-13-23/h6-9,15-16H,5,10-14H2,1-4H3,(H,21,24)/t16-/m0/s1. The number of carbonyl (C=O) groups is 2. The third kappa shape index (κ3) is 5.30. The number of nitrogens with one attached hydrogen (secondary N) is 1. The monoisotopic (exact) mass is 345 g/mol. The summed E-state index contributed by atoms with van der Waals surface area (Å²) in [6.07, 6.45) is 3.13. The number of benzene rings is 1. The molecule has 0 saturated carbocycles. The van der Waals surface area contributed by atoms with E-state index in [9.17, 15) is 9.59 Å². The van der Waals surface area contributed by atoms with Crippen LogP contribution in [0.3, 0.4) is 0 Å². The zero-order valence-electron chi connectivity index (χ0n) is 15.9. The maximum absolute atomic E-state index is 12.6. The number of likely N-dealkylation sites (N-methyl/N-ethyl adjacent to an activating group) is 1. The Morgan fingerprint density at radius 3 is 2.56 bits per heavy atom. The van der Waals surface area contributed by atoms with Crippen molar-refractivity contribution in [1.29, 1.82) is 0 Å². The third-order valence-corrected chi connectivity index (χ3v) is 5.15. The highest BCUT2D eigenvalue weighted by Gasteiger charge is 2.27. The Balaban J connectivity index is 1.88. The summed E-state index contributed by atoms with van der Waals surface area (Å²) in [4.78, 5) is 28.7. The van der Waals surface area contributed by atoms with Gasteiger partial charge in [0.2, 0.25) is 11.8 Å². The average Bonchev–Trinajstić information content (AvgIpc) is 2.61. The summed E-state index contributed by atoms with van der Waals surface area (Å²) in [7, 11) is 1.71. The van der Waals surface area contributed by atoms with Crippen LogP contribution in [0.25, 0.3) is 0 Å². The van der Waals surface area contributed by atoms with Crippen LogP contribution < -0.4 is 5.32 Å². The molecule has 0 bridgehead atoms. The van der Waals surface area contributed by atoms with Crippen molar-refractivity contribution in [2.75, 3.05) is 32.0 Å². The Kier molecular flexibility index (Phi) is 7.00. The van der Waals surface area contributed by atoms with Gasteiger partial charge in [-0.3, -0.25) is 14.5 Å². The largest absolute Gasteiger partial charge is 0.335 e. The molecule has 25 heavy (non-hydrogen) atoms. The Hall–Kier alpha value is -1.88. The molecule has 1 aromatic rings. The van der Waals surface area contributed by atoms with Crippen molar-refractivity contribution in [2.45, 2.75) is 46.1 Å². The first kappa shape index (κ1) is 19.4. The van der Waals surface area contributed by atoms with Gasteiger partial charge in [0.05, 0.1) is 12.6 Å². The number of carbonyl (C=O) groups excluding carboxylic acids is 2. The van der Waals surface area contributed by atoms with Crippen molar-refractivity contribution in [3.8, 4) is 0 Å². The molecule has 1 N–H and O–H groups in total. The van der Waals surface area contributed by atoms with E-state index in [1.54, 1.807) is 7.05 Å². The lowest BCUT2D eigenvalue weighted by Crippen LogP contribution is -2.49. The van der Waals surface area contributed by atoms with E-state index in [1.807, 2.05) is 31.2 Å². The number of hydrogen-bond donors (Lipinski definition) is 1. The smallest absolute Gasteiger partial charge is 0.243 e. The fourth-order valence-corrected chi connectivity index (χ4v) is 3.32. The van der Waals surface area contributed by atoms with Crippen LogP contribution in [0.15, 0.2) is 24.3 Å². The van der Waals surface area contributed by atoms with Gasteiger partial charge in [0.1, 0.15) is 0 Å². The van der Waals surface area contributed by atoms with E-state index < -0.39 is 0 Å². The molecule has 1 aliphatic rings. The quantitative estimate of drug-likeness (QED) is 0.862. The van der Waals surface area contributed by atoms with Crippen molar-refractivity contribution in [2.24, 2.45) is 5.92 Å². The molecule has 0 aliphatic carbocycles. The second kappa shape index (κ2) is 8.99. The third-order valence-electron chi connectivity index (χ3n) is 5.15. The normalized spacial score (nSPS) is 17.1. The Labute approximate surface area is 151 Å². The van der Waals surface area contributed by atoms with Gasteiger partial charge in [-0.25, -0.2) is 0 Å². The lowest BCUT2D eigenvalue weighted by molar-refractivity contribution is -0.138. The lowest BCUT2D eigenvalue weighted by Gasteiger charge is -2.35. The van der Waals surface area contributed by atoms with Crippen LogP contribution in [0.1, 0.15) is 39.2 Å². The molecule has 2 rings (SSSR count). The van der Waals surface area contributed by atoms with E-state index in [2.05, 4.69) is 24.1 Å².